The van der Waals surface area contributed by atoms with Crippen molar-refractivity contribution >= 4 is 36.3 Å². The van der Waals surface area contributed by atoms with Gasteiger partial charge in [0, 0.05) is 36.0 Å². The summed E-state index contributed by atoms with van der Waals surface area (Å²) < 4.78 is 5.51. The number of nitrogens with two attached hydrogens (primary N) is 2. The molecule has 2 fully saturated rings. The van der Waals surface area contributed by atoms with E-state index in [9.17, 15) is 24.3 Å². The smallest absolute Gasteiger partial charge is 0.405 e. The third-order valence-corrected chi connectivity index (χ3v) is 7.38. The van der Waals surface area contributed by atoms with Gasteiger partial charge in [0.1, 0.15) is 17.8 Å². The predicted molar refractivity (Wildman–Crippen MR) is 132 cm³/mol. The SMILES string of the molecule is CC(OC(N)=O)(C1=C(C(=O)O)N2C(=O)[C@@H]3[C@H]2[C@H](C1)CN3C(=O)[C@H](N)c1ccccc1)c1ccncc1.Cl. The number of halogens is 1. The third kappa shape index (κ3) is 4.00. The predicted octanol–water partition coefficient (Wildman–Crippen LogP) is 1.29. The number of ether oxygens (including phenoxy) is 1. The molecule has 194 valence electrons. The number of carboxylic acid groups (broad SMARTS) is 1. The number of β-lactam (4-membered cyclic amide) rings is 1. The van der Waals surface area contributed by atoms with Crippen molar-refractivity contribution in [2.75, 3.05) is 6.54 Å². The molecular weight excluding hydrogens is 502 g/mol. The quantitative estimate of drug-likeness (QED) is 0.472. The molecule has 12 heteroatoms. The minimum atomic E-state index is -1.57. The fraction of sp³-hybridized carbons (Fsp3) is 0.320. The summed E-state index contributed by atoms with van der Waals surface area (Å²) in [7, 11) is 0. The second-order valence-electron chi connectivity index (χ2n) is 9.31. The monoisotopic (exact) mass is 527 g/mol. The number of benzene rings is 1. The van der Waals surface area contributed by atoms with E-state index in [1.165, 1.54) is 29.1 Å². The number of carboxylic acids is 1. The van der Waals surface area contributed by atoms with E-state index in [4.69, 9.17) is 16.2 Å². The summed E-state index contributed by atoms with van der Waals surface area (Å²) in [6.07, 6.45) is 2.04. The van der Waals surface area contributed by atoms with Crippen molar-refractivity contribution in [1.29, 1.82) is 0 Å². The van der Waals surface area contributed by atoms with Crippen LogP contribution in [0.25, 0.3) is 0 Å². The van der Waals surface area contributed by atoms with Crippen molar-refractivity contribution in [3.8, 4) is 0 Å². The molecule has 11 nitrogen and oxygen atoms in total. The van der Waals surface area contributed by atoms with E-state index >= 15 is 0 Å². The zero-order chi connectivity index (χ0) is 25.8. The average molecular weight is 528 g/mol. The van der Waals surface area contributed by atoms with Crippen LogP contribution in [-0.4, -0.2) is 62.4 Å². The number of aliphatic carboxylic acids is 1. The lowest BCUT2D eigenvalue weighted by atomic mass is 9.73. The van der Waals surface area contributed by atoms with Gasteiger partial charge in [0.15, 0.2) is 5.60 Å². The molecule has 0 aliphatic carbocycles. The molecule has 5 rings (SSSR count). The van der Waals surface area contributed by atoms with Crippen molar-refractivity contribution in [2.45, 2.75) is 37.1 Å². The first kappa shape index (κ1) is 26.1. The molecule has 0 radical (unpaired) electrons. The highest BCUT2D eigenvalue weighted by Gasteiger charge is 2.65. The van der Waals surface area contributed by atoms with Crippen LogP contribution in [0.4, 0.5) is 4.79 Å². The van der Waals surface area contributed by atoms with Crippen molar-refractivity contribution in [3.05, 3.63) is 77.3 Å². The number of primary amides is 1. The Kier molecular flexibility index (Phi) is 6.70. The summed E-state index contributed by atoms with van der Waals surface area (Å²) in [5, 5.41) is 10.2. The van der Waals surface area contributed by atoms with Crippen molar-refractivity contribution in [3.63, 3.8) is 0 Å². The van der Waals surface area contributed by atoms with E-state index in [0.717, 1.165) is 0 Å². The van der Waals surface area contributed by atoms with Crippen LogP contribution in [0, 0.1) is 5.92 Å². The minimum Gasteiger partial charge on any atom is -0.477 e. The Morgan fingerprint density at radius 1 is 1.16 bits per heavy atom. The Labute approximate surface area is 218 Å². The number of likely N-dealkylation sites (tertiary alicyclic amines) is 1. The van der Waals surface area contributed by atoms with Gasteiger partial charge < -0.3 is 26.2 Å². The first-order valence-electron chi connectivity index (χ1n) is 11.4. The summed E-state index contributed by atoms with van der Waals surface area (Å²) in [6.45, 7) is 1.74. The first-order valence-corrected chi connectivity index (χ1v) is 11.4. The van der Waals surface area contributed by atoms with Crippen molar-refractivity contribution in [1.82, 2.24) is 14.8 Å². The highest BCUT2D eigenvalue weighted by Crippen LogP contribution is 2.52. The third-order valence-electron chi connectivity index (χ3n) is 7.38. The number of aromatic nitrogens is 1. The van der Waals surface area contributed by atoms with E-state index in [-0.39, 0.29) is 42.6 Å². The zero-order valence-electron chi connectivity index (χ0n) is 19.8. The molecule has 4 heterocycles. The van der Waals surface area contributed by atoms with E-state index in [2.05, 4.69) is 4.98 Å². The second-order valence-corrected chi connectivity index (χ2v) is 9.31. The van der Waals surface area contributed by atoms with Crippen LogP contribution in [-0.2, 0) is 24.7 Å². The normalized spacial score (nSPS) is 24.3. The molecule has 5 atom stereocenters. The van der Waals surface area contributed by atoms with Gasteiger partial charge in [-0.1, -0.05) is 30.3 Å². The first-order chi connectivity index (χ1) is 17.1. The van der Waals surface area contributed by atoms with E-state index in [1.807, 2.05) is 6.07 Å². The number of nitrogens with zero attached hydrogens (tertiary/aromatic N) is 3. The van der Waals surface area contributed by atoms with Crippen LogP contribution < -0.4 is 11.5 Å². The molecular formula is C25H26ClN5O6. The maximum absolute atomic E-state index is 13.3. The molecule has 1 aromatic heterocycles. The van der Waals surface area contributed by atoms with Crippen molar-refractivity contribution in [2.24, 2.45) is 17.4 Å². The highest BCUT2D eigenvalue weighted by molar-refractivity contribution is 6.03. The van der Waals surface area contributed by atoms with Gasteiger partial charge >= 0.3 is 12.1 Å². The van der Waals surface area contributed by atoms with Gasteiger partial charge in [0.25, 0.3) is 5.91 Å². The maximum atomic E-state index is 13.3. The molecule has 3 aliphatic heterocycles. The van der Waals surface area contributed by atoms with Crippen LogP contribution in [0.5, 0.6) is 0 Å². The fourth-order valence-electron chi connectivity index (χ4n) is 5.73. The summed E-state index contributed by atoms with van der Waals surface area (Å²) in [5.41, 5.74) is 11.1. The largest absolute Gasteiger partial charge is 0.477 e. The van der Waals surface area contributed by atoms with Crippen LogP contribution in [0.2, 0.25) is 0 Å². The molecule has 0 saturated carbocycles. The number of carbonyl (C=O) groups is 4. The number of rotatable bonds is 6. The van der Waals surface area contributed by atoms with E-state index in [0.29, 0.717) is 11.1 Å². The second kappa shape index (κ2) is 9.49. The Hall–Kier alpha value is -3.96. The number of hydrogen-bond acceptors (Lipinski definition) is 7. The Bertz CT molecular complexity index is 1290. The summed E-state index contributed by atoms with van der Waals surface area (Å²) >= 11 is 0. The molecule has 1 aromatic carbocycles. The number of pyridine rings is 1. The highest BCUT2D eigenvalue weighted by atomic mass is 35.5. The maximum Gasteiger partial charge on any atom is 0.405 e. The molecule has 1 unspecified atom stereocenters. The molecule has 3 amide bonds. The minimum absolute atomic E-state index is 0. The lowest BCUT2D eigenvalue weighted by molar-refractivity contribution is -0.161. The molecule has 3 aliphatic rings. The molecule has 5 N–H and O–H groups in total. The lowest BCUT2D eigenvalue weighted by Crippen LogP contribution is -2.70. The van der Waals surface area contributed by atoms with Gasteiger partial charge in [0.05, 0.1) is 6.04 Å². The van der Waals surface area contributed by atoms with E-state index < -0.39 is 47.6 Å². The molecule has 2 saturated heterocycles. The van der Waals surface area contributed by atoms with Crippen molar-refractivity contribution < 1.29 is 29.0 Å². The summed E-state index contributed by atoms with van der Waals surface area (Å²) in [6, 6.07) is 9.76. The van der Waals surface area contributed by atoms with Crippen LogP contribution in [0.15, 0.2) is 66.1 Å². The fourth-order valence-corrected chi connectivity index (χ4v) is 5.73. The van der Waals surface area contributed by atoms with Gasteiger partial charge in [-0.25, -0.2) is 9.59 Å². The van der Waals surface area contributed by atoms with Gasteiger partial charge in [-0.3, -0.25) is 19.5 Å². The number of hydrogen-bond donors (Lipinski definition) is 3. The van der Waals surface area contributed by atoms with Gasteiger partial charge in [-0.05, 0) is 31.0 Å². The van der Waals surface area contributed by atoms with Crippen LogP contribution in [0.3, 0.4) is 0 Å². The average Bonchev–Trinajstić information content (AvgIpc) is 3.24. The Morgan fingerprint density at radius 2 is 1.81 bits per heavy atom. The summed E-state index contributed by atoms with van der Waals surface area (Å²) in [4.78, 5) is 57.7. The lowest BCUT2D eigenvalue weighted by Gasteiger charge is -2.51. The zero-order valence-corrected chi connectivity index (χ0v) is 20.6. The van der Waals surface area contributed by atoms with Gasteiger partial charge in [0.2, 0.25) is 5.91 Å². The molecule has 37 heavy (non-hydrogen) atoms. The molecule has 0 spiro atoms. The van der Waals surface area contributed by atoms with Gasteiger partial charge in [-0.2, -0.15) is 0 Å². The van der Waals surface area contributed by atoms with Crippen LogP contribution in [0.1, 0.15) is 30.5 Å². The summed E-state index contributed by atoms with van der Waals surface area (Å²) in [5.74, 6) is -2.54. The van der Waals surface area contributed by atoms with Crippen LogP contribution >= 0.6 is 12.4 Å². The number of carbonyl (C=O) groups excluding carboxylic acids is 3. The standard InChI is InChI=1S/C25H25N5O6.ClH/c1-25(36-24(27)35,15-7-9-28-10-8-15)16-11-14-12-29(21(31)17(26)13-5-3-2-4-6-13)20-18(14)30(22(20)32)19(16)23(33)34;/h2-10,14,17-18,20H,11-12,26H2,1H3,(H2,27,35)(H,33,34);1H/t14-,17-,18-,20+,25?;/m1./s1. The Balaban J connectivity index is 0.00000320. The molecule has 0 bridgehead atoms. The molecule has 2 aromatic rings. The number of amides is 3. The van der Waals surface area contributed by atoms with E-state index in [1.54, 1.807) is 36.4 Å². The topological polar surface area (TPSA) is 169 Å². The Morgan fingerprint density at radius 3 is 2.41 bits per heavy atom. The van der Waals surface area contributed by atoms with Gasteiger partial charge in [-0.15, -0.1) is 12.4 Å².